The molecule has 6 rings (SSSR count). The van der Waals surface area contributed by atoms with Crippen molar-refractivity contribution in [3.63, 3.8) is 0 Å². The molecule has 0 amide bonds. The summed E-state index contributed by atoms with van der Waals surface area (Å²) in [5.41, 5.74) is -2.50. The van der Waals surface area contributed by atoms with Crippen LogP contribution >= 0.6 is 0 Å². The van der Waals surface area contributed by atoms with Crippen molar-refractivity contribution in [1.29, 1.82) is 5.26 Å². The van der Waals surface area contributed by atoms with Gasteiger partial charge in [0.15, 0.2) is 6.29 Å². The summed E-state index contributed by atoms with van der Waals surface area (Å²) in [5.74, 6) is -0.396. The zero-order valence-corrected chi connectivity index (χ0v) is 23.3. The molecule has 5 fully saturated rings. The van der Waals surface area contributed by atoms with Crippen molar-refractivity contribution in [3.05, 3.63) is 11.6 Å². The van der Waals surface area contributed by atoms with Gasteiger partial charge in [-0.05, 0) is 81.6 Å². The van der Waals surface area contributed by atoms with Crippen LogP contribution < -0.4 is 0 Å². The van der Waals surface area contributed by atoms with Crippen molar-refractivity contribution in [1.82, 2.24) is 0 Å². The largest absolute Gasteiger partial charge is 0.458 e. The summed E-state index contributed by atoms with van der Waals surface area (Å²) in [5, 5.41) is 45.6. The number of hydrogen-bond acceptors (Lipinski definition) is 9. The number of methoxy groups -OCH3 is 1. The van der Waals surface area contributed by atoms with Gasteiger partial charge >= 0.3 is 5.97 Å². The zero-order chi connectivity index (χ0) is 27.8. The maximum atomic E-state index is 12.4. The van der Waals surface area contributed by atoms with Gasteiger partial charge < -0.3 is 34.3 Å². The first-order chi connectivity index (χ1) is 18.5. The van der Waals surface area contributed by atoms with E-state index in [0.29, 0.717) is 51.6 Å². The molecule has 9 nitrogen and oxygen atoms in total. The van der Waals surface area contributed by atoms with E-state index in [1.165, 1.54) is 0 Å². The van der Waals surface area contributed by atoms with E-state index in [4.69, 9.17) is 18.9 Å². The molecule has 1 saturated heterocycles. The average molecular weight is 546 g/mol. The van der Waals surface area contributed by atoms with Gasteiger partial charge in [-0.1, -0.05) is 6.92 Å². The summed E-state index contributed by atoms with van der Waals surface area (Å²) in [6, 6.07) is 2.62. The van der Waals surface area contributed by atoms with Gasteiger partial charge in [0, 0.05) is 31.4 Å². The lowest BCUT2D eigenvalue weighted by molar-refractivity contribution is -0.286. The Balaban J connectivity index is 1.21. The fourth-order valence-electron chi connectivity index (χ4n) is 9.91. The van der Waals surface area contributed by atoms with Crippen LogP contribution in [0.4, 0.5) is 0 Å². The second kappa shape index (κ2) is 9.50. The van der Waals surface area contributed by atoms with E-state index in [0.717, 1.165) is 24.8 Å². The Kier molecular flexibility index (Phi) is 6.73. The number of esters is 1. The minimum atomic E-state index is -1.21. The van der Waals surface area contributed by atoms with Crippen LogP contribution in [0.2, 0.25) is 0 Å². The number of nitrogens with zero attached hydrogens (tertiary/aromatic N) is 1. The van der Waals surface area contributed by atoms with E-state index in [-0.39, 0.29) is 35.9 Å². The van der Waals surface area contributed by atoms with Crippen LogP contribution in [0, 0.1) is 39.9 Å². The van der Waals surface area contributed by atoms with Crippen molar-refractivity contribution in [2.24, 2.45) is 28.6 Å². The Morgan fingerprint density at radius 2 is 1.87 bits per heavy atom. The number of cyclic esters (lactones) is 1. The lowest BCUT2D eigenvalue weighted by atomic mass is 9.41. The Hall–Kier alpha value is -1.54. The fraction of sp³-hybridized carbons (Fsp3) is 0.867. The van der Waals surface area contributed by atoms with E-state index in [1.54, 1.807) is 20.1 Å². The number of aliphatic hydroxyl groups excluding tert-OH is 1. The summed E-state index contributed by atoms with van der Waals surface area (Å²) in [6.45, 7) is 4.26. The maximum Gasteiger partial charge on any atom is 0.331 e. The molecule has 2 aliphatic heterocycles. The van der Waals surface area contributed by atoms with E-state index in [1.807, 2.05) is 0 Å². The van der Waals surface area contributed by atoms with Gasteiger partial charge in [0.25, 0.3) is 0 Å². The van der Waals surface area contributed by atoms with E-state index < -0.39 is 40.5 Å². The van der Waals surface area contributed by atoms with Gasteiger partial charge in [0.2, 0.25) is 0 Å². The molecule has 4 aliphatic carbocycles. The monoisotopic (exact) mass is 545 g/mol. The number of fused-ring (bicyclic) bond motifs is 5. The van der Waals surface area contributed by atoms with E-state index in [9.17, 15) is 25.4 Å². The molecule has 12 atom stereocenters. The normalized spacial score (nSPS) is 53.2. The van der Waals surface area contributed by atoms with Crippen LogP contribution in [0.3, 0.4) is 0 Å². The summed E-state index contributed by atoms with van der Waals surface area (Å²) in [7, 11) is 1.57. The number of carbonyl (C=O) groups is 1. The topological polar surface area (TPSA) is 138 Å². The number of ether oxygens (including phenoxy) is 4. The van der Waals surface area contributed by atoms with Crippen molar-refractivity contribution in [2.45, 2.75) is 120 Å². The molecule has 0 bridgehead atoms. The van der Waals surface area contributed by atoms with Gasteiger partial charge in [-0.25, -0.2) is 4.79 Å². The van der Waals surface area contributed by atoms with Crippen molar-refractivity contribution in [3.8, 4) is 6.07 Å². The number of carbonyl (C=O) groups excluding carboxylic acids is 1. The smallest absolute Gasteiger partial charge is 0.331 e. The molecule has 2 heterocycles. The number of aliphatic hydroxyl groups is 3. The summed E-state index contributed by atoms with van der Waals surface area (Å²) >= 11 is 0. The quantitative estimate of drug-likeness (QED) is 0.359. The van der Waals surface area contributed by atoms with Crippen molar-refractivity contribution in [2.75, 3.05) is 13.7 Å². The summed E-state index contributed by atoms with van der Waals surface area (Å²) in [6.07, 6.45) is 5.21. The second-order valence-corrected chi connectivity index (χ2v) is 13.4. The van der Waals surface area contributed by atoms with Crippen LogP contribution in [-0.2, 0) is 23.7 Å². The summed E-state index contributed by atoms with van der Waals surface area (Å²) < 4.78 is 22.9. The van der Waals surface area contributed by atoms with Crippen LogP contribution in [0.1, 0.15) is 78.1 Å². The first kappa shape index (κ1) is 27.6. The van der Waals surface area contributed by atoms with Gasteiger partial charge in [-0.3, -0.25) is 0 Å². The van der Waals surface area contributed by atoms with E-state index in [2.05, 4.69) is 13.0 Å². The zero-order valence-electron chi connectivity index (χ0n) is 23.3. The highest BCUT2D eigenvalue weighted by Crippen LogP contribution is 2.70. The molecule has 0 aromatic rings. The molecule has 216 valence electrons. The Morgan fingerprint density at radius 3 is 2.56 bits per heavy atom. The minimum Gasteiger partial charge on any atom is -0.458 e. The lowest BCUT2D eigenvalue weighted by Gasteiger charge is -2.64. The van der Waals surface area contributed by atoms with Gasteiger partial charge in [0.1, 0.15) is 12.7 Å². The van der Waals surface area contributed by atoms with Gasteiger partial charge in [-0.2, -0.15) is 5.26 Å². The van der Waals surface area contributed by atoms with Crippen molar-refractivity contribution >= 4 is 5.97 Å². The number of hydrogen-bond donors (Lipinski definition) is 3. The second-order valence-electron chi connectivity index (χ2n) is 13.4. The molecule has 9 heteroatoms. The number of nitriles is 1. The Bertz CT molecular complexity index is 1070. The minimum absolute atomic E-state index is 0.0799. The molecular formula is C30H43NO8. The third-order valence-corrected chi connectivity index (χ3v) is 12.0. The predicted octanol–water partition coefficient (Wildman–Crippen LogP) is 2.76. The molecule has 6 aliphatic rings. The summed E-state index contributed by atoms with van der Waals surface area (Å²) in [4.78, 5) is 11.8. The highest BCUT2D eigenvalue weighted by Gasteiger charge is 2.72. The van der Waals surface area contributed by atoms with E-state index >= 15 is 0 Å². The standard InChI is InChI=1S/C30H43NO8/c1-17-26(33)23(36-3)13-25(38-17)39-19-4-9-28(16-31)21-5-8-27(2)20(18-12-24(32)37-15-18)7-11-30(27,35)22(21)6-10-29(28,34)14-19/h12,17,19-23,25-26,33-35H,4-11,13-15H2,1-3H3/t17-,19-,20+,21+,22-,23+,25+,26-,27-,28+,29-,30+/m1/s1. The van der Waals surface area contributed by atoms with Crippen LogP contribution in [0.25, 0.3) is 0 Å². The molecule has 3 N–H and O–H groups in total. The highest BCUT2D eigenvalue weighted by atomic mass is 16.7. The SMILES string of the molecule is CO[C@H]1C[C@H](O[C@@H]2CC[C@]3(C#N)[C@H]4CC[C@]5(C)[C@H](C6=CC(=O)OC6)CC[C@]5(O)[C@@H]4CC[C@@]3(O)C2)O[C@H](C)[C@H]1O. The third-order valence-electron chi connectivity index (χ3n) is 12.0. The molecule has 0 aromatic carbocycles. The fourth-order valence-corrected chi connectivity index (χ4v) is 9.91. The van der Waals surface area contributed by atoms with Gasteiger partial charge in [-0.15, -0.1) is 0 Å². The highest BCUT2D eigenvalue weighted by molar-refractivity contribution is 5.85. The van der Waals surface area contributed by atoms with Crippen LogP contribution in [0.5, 0.6) is 0 Å². The molecule has 0 spiro atoms. The average Bonchev–Trinajstić information content (AvgIpc) is 3.45. The molecule has 0 unspecified atom stereocenters. The molecule has 39 heavy (non-hydrogen) atoms. The first-order valence-electron chi connectivity index (χ1n) is 14.8. The van der Waals surface area contributed by atoms with Gasteiger partial charge in [0.05, 0.1) is 41.0 Å². The number of rotatable bonds is 4. The van der Waals surface area contributed by atoms with Crippen LogP contribution in [-0.4, -0.2) is 76.9 Å². The van der Waals surface area contributed by atoms with Crippen LogP contribution in [0.15, 0.2) is 11.6 Å². The lowest BCUT2D eigenvalue weighted by Crippen LogP contribution is -2.68. The third kappa shape index (κ3) is 3.89. The molecule has 0 aromatic heterocycles. The Morgan fingerprint density at radius 1 is 1.10 bits per heavy atom. The van der Waals surface area contributed by atoms with Crippen molar-refractivity contribution < 1.29 is 39.1 Å². The predicted molar refractivity (Wildman–Crippen MR) is 138 cm³/mol. The molecule has 0 radical (unpaired) electrons. The molecular weight excluding hydrogens is 502 g/mol. The Labute approximate surface area is 230 Å². The maximum absolute atomic E-state index is 12.4. The molecule has 4 saturated carbocycles. The first-order valence-corrected chi connectivity index (χ1v) is 14.8.